The predicted molar refractivity (Wildman–Crippen MR) is 83.6 cm³/mol. The maximum Gasteiger partial charge on any atom is 0.121 e. The van der Waals surface area contributed by atoms with Gasteiger partial charge in [0, 0.05) is 18.2 Å². The summed E-state index contributed by atoms with van der Waals surface area (Å²) in [6.07, 6.45) is 0.832. The number of hydrogen-bond acceptors (Lipinski definition) is 4. The highest BCUT2D eigenvalue weighted by Gasteiger charge is 1.97. The summed E-state index contributed by atoms with van der Waals surface area (Å²) in [7, 11) is 1.66. The first-order valence-electron chi connectivity index (χ1n) is 6.97. The molecule has 2 aromatic carbocycles. The number of hydrogen-bond donors (Lipinski definition) is 1. The van der Waals surface area contributed by atoms with Gasteiger partial charge in [-0.3, -0.25) is 0 Å². The van der Waals surface area contributed by atoms with Crippen molar-refractivity contribution in [2.24, 2.45) is 0 Å². The largest absolute Gasteiger partial charge is 0.497 e. The Kier molecular flexibility index (Phi) is 5.91. The maximum atomic E-state index is 5.68. The van der Waals surface area contributed by atoms with E-state index in [9.17, 15) is 0 Å². The minimum Gasteiger partial charge on any atom is -0.497 e. The number of rotatable bonds is 8. The fourth-order valence-electron chi connectivity index (χ4n) is 1.91. The molecule has 0 aromatic heterocycles. The van der Waals surface area contributed by atoms with Gasteiger partial charge in [0.25, 0.3) is 0 Å². The minimum atomic E-state index is 0.579. The Morgan fingerprint density at radius 2 is 1.76 bits per heavy atom. The van der Waals surface area contributed by atoms with E-state index in [4.69, 9.17) is 19.9 Å². The molecule has 0 bridgehead atoms. The molecule has 0 aliphatic carbocycles. The van der Waals surface area contributed by atoms with Crippen LogP contribution in [-0.4, -0.2) is 20.3 Å². The third-order valence-corrected chi connectivity index (χ3v) is 2.96. The first kappa shape index (κ1) is 15.2. The van der Waals surface area contributed by atoms with Gasteiger partial charge in [0.15, 0.2) is 0 Å². The molecule has 0 atom stereocenters. The van der Waals surface area contributed by atoms with Crippen molar-refractivity contribution in [1.29, 1.82) is 0 Å². The summed E-state index contributed by atoms with van der Waals surface area (Å²) in [5, 5.41) is 0. The molecule has 0 aliphatic heterocycles. The lowest BCUT2D eigenvalue weighted by molar-refractivity contribution is 0.107. The van der Waals surface area contributed by atoms with E-state index in [1.165, 1.54) is 0 Å². The van der Waals surface area contributed by atoms with E-state index in [0.29, 0.717) is 25.5 Å². The molecule has 4 heteroatoms. The van der Waals surface area contributed by atoms with Gasteiger partial charge in [0.2, 0.25) is 0 Å². The molecule has 4 nitrogen and oxygen atoms in total. The summed E-state index contributed by atoms with van der Waals surface area (Å²) in [5.41, 5.74) is 7.50. The van der Waals surface area contributed by atoms with Crippen molar-refractivity contribution in [3.05, 3.63) is 54.1 Å². The topological polar surface area (TPSA) is 53.7 Å². The van der Waals surface area contributed by atoms with E-state index in [-0.39, 0.29) is 0 Å². The Morgan fingerprint density at radius 1 is 0.952 bits per heavy atom. The molecule has 2 aromatic rings. The standard InChI is InChI=1S/C17H21NO3/c1-19-16-7-2-5-14(11-16)13-20-9-4-10-21-17-8-3-6-15(18)12-17/h2-3,5-8,11-12H,4,9-10,13,18H2,1H3. The van der Waals surface area contributed by atoms with Gasteiger partial charge in [-0.25, -0.2) is 0 Å². The Labute approximate surface area is 125 Å². The zero-order valence-corrected chi connectivity index (χ0v) is 12.2. The molecule has 0 unspecified atom stereocenters. The predicted octanol–water partition coefficient (Wildman–Crippen LogP) is 3.26. The maximum absolute atomic E-state index is 5.68. The van der Waals surface area contributed by atoms with Crippen molar-refractivity contribution in [1.82, 2.24) is 0 Å². The molecule has 0 radical (unpaired) electrons. The van der Waals surface area contributed by atoms with E-state index in [1.54, 1.807) is 7.11 Å². The Morgan fingerprint density at radius 3 is 2.57 bits per heavy atom. The summed E-state index contributed by atoms with van der Waals surface area (Å²) in [4.78, 5) is 0. The number of nitrogens with two attached hydrogens (primary N) is 1. The van der Waals surface area contributed by atoms with Gasteiger partial charge in [0.05, 0.1) is 26.9 Å². The van der Waals surface area contributed by atoms with Crippen LogP contribution in [0.3, 0.4) is 0 Å². The zero-order valence-electron chi connectivity index (χ0n) is 12.2. The third-order valence-electron chi connectivity index (χ3n) is 2.96. The van der Waals surface area contributed by atoms with Gasteiger partial charge in [0.1, 0.15) is 11.5 Å². The fraction of sp³-hybridized carbons (Fsp3) is 0.294. The molecule has 2 N–H and O–H groups in total. The Hall–Kier alpha value is -2.20. The molecule has 112 valence electrons. The first-order valence-corrected chi connectivity index (χ1v) is 6.97. The summed E-state index contributed by atoms with van der Waals surface area (Å²) < 4.78 is 16.4. The van der Waals surface area contributed by atoms with Crippen molar-refractivity contribution in [3.63, 3.8) is 0 Å². The molecular formula is C17H21NO3. The molecule has 0 amide bonds. The number of benzene rings is 2. The van der Waals surface area contributed by atoms with E-state index < -0.39 is 0 Å². The van der Waals surface area contributed by atoms with Crippen LogP contribution in [0, 0.1) is 0 Å². The SMILES string of the molecule is COc1cccc(COCCCOc2cccc(N)c2)c1. The lowest BCUT2D eigenvalue weighted by atomic mass is 10.2. The Balaban J connectivity index is 1.61. The quantitative estimate of drug-likeness (QED) is 0.598. The van der Waals surface area contributed by atoms with Crippen molar-refractivity contribution < 1.29 is 14.2 Å². The highest BCUT2D eigenvalue weighted by molar-refractivity contribution is 5.43. The average molecular weight is 287 g/mol. The van der Waals surface area contributed by atoms with Crippen LogP contribution in [-0.2, 0) is 11.3 Å². The van der Waals surface area contributed by atoms with Crippen LogP contribution in [0.2, 0.25) is 0 Å². The molecule has 0 saturated heterocycles. The highest BCUT2D eigenvalue weighted by Crippen LogP contribution is 2.15. The Bertz CT molecular complexity index is 557. The van der Waals surface area contributed by atoms with Crippen molar-refractivity contribution >= 4 is 5.69 Å². The van der Waals surface area contributed by atoms with Crippen molar-refractivity contribution in [3.8, 4) is 11.5 Å². The van der Waals surface area contributed by atoms with E-state index >= 15 is 0 Å². The normalized spacial score (nSPS) is 10.3. The summed E-state index contributed by atoms with van der Waals surface area (Å²) in [5.74, 6) is 1.64. The molecule has 0 saturated carbocycles. The first-order chi connectivity index (χ1) is 10.3. The van der Waals surface area contributed by atoms with Crippen LogP contribution in [0.4, 0.5) is 5.69 Å². The monoisotopic (exact) mass is 287 g/mol. The second-order valence-corrected chi connectivity index (χ2v) is 4.68. The van der Waals surface area contributed by atoms with Gasteiger partial charge >= 0.3 is 0 Å². The molecule has 0 aliphatic rings. The number of anilines is 1. The van der Waals surface area contributed by atoms with Crippen molar-refractivity contribution in [2.75, 3.05) is 26.1 Å². The van der Waals surface area contributed by atoms with Gasteiger partial charge in [-0.1, -0.05) is 18.2 Å². The van der Waals surface area contributed by atoms with Crippen molar-refractivity contribution in [2.45, 2.75) is 13.0 Å². The average Bonchev–Trinajstić information content (AvgIpc) is 2.51. The van der Waals surface area contributed by atoms with Crippen LogP contribution in [0.25, 0.3) is 0 Å². The second kappa shape index (κ2) is 8.17. The lowest BCUT2D eigenvalue weighted by Crippen LogP contribution is -2.03. The lowest BCUT2D eigenvalue weighted by Gasteiger charge is -2.08. The summed E-state index contributed by atoms with van der Waals surface area (Å²) in [6.45, 7) is 1.84. The van der Waals surface area contributed by atoms with E-state index in [0.717, 1.165) is 23.5 Å². The van der Waals surface area contributed by atoms with E-state index in [1.807, 2.05) is 48.5 Å². The van der Waals surface area contributed by atoms with Crippen LogP contribution in [0.15, 0.2) is 48.5 Å². The van der Waals surface area contributed by atoms with Crippen LogP contribution in [0.1, 0.15) is 12.0 Å². The molecule has 21 heavy (non-hydrogen) atoms. The number of methoxy groups -OCH3 is 1. The van der Waals surface area contributed by atoms with Gasteiger partial charge in [-0.2, -0.15) is 0 Å². The fourth-order valence-corrected chi connectivity index (χ4v) is 1.91. The molecular weight excluding hydrogens is 266 g/mol. The number of nitrogen functional groups attached to an aromatic ring is 1. The summed E-state index contributed by atoms with van der Waals surface area (Å²) in [6, 6.07) is 15.3. The summed E-state index contributed by atoms with van der Waals surface area (Å²) >= 11 is 0. The van der Waals surface area contributed by atoms with Gasteiger partial charge < -0.3 is 19.9 Å². The van der Waals surface area contributed by atoms with Crippen LogP contribution >= 0.6 is 0 Å². The molecule has 0 fully saturated rings. The molecule has 2 rings (SSSR count). The van der Waals surface area contributed by atoms with Gasteiger partial charge in [-0.05, 0) is 29.8 Å². The smallest absolute Gasteiger partial charge is 0.121 e. The minimum absolute atomic E-state index is 0.579. The van der Waals surface area contributed by atoms with Crippen LogP contribution < -0.4 is 15.2 Å². The molecule has 0 heterocycles. The highest BCUT2D eigenvalue weighted by atomic mass is 16.5. The van der Waals surface area contributed by atoms with E-state index in [2.05, 4.69) is 0 Å². The number of ether oxygens (including phenoxy) is 3. The van der Waals surface area contributed by atoms with Crippen LogP contribution in [0.5, 0.6) is 11.5 Å². The third kappa shape index (κ3) is 5.36. The zero-order chi connectivity index (χ0) is 14.9. The van der Waals surface area contributed by atoms with Gasteiger partial charge in [-0.15, -0.1) is 0 Å². The molecule has 0 spiro atoms. The second-order valence-electron chi connectivity index (χ2n) is 4.68.